The summed E-state index contributed by atoms with van der Waals surface area (Å²) in [5.41, 5.74) is 17.8. The van der Waals surface area contributed by atoms with Crippen LogP contribution in [0.5, 0.6) is 0 Å². The molecule has 9 N–H and O–H groups in total. The average molecular weight is 378 g/mol. The number of hydrogen-bond acceptors (Lipinski definition) is 8. The first kappa shape index (κ1) is 20.8. The van der Waals surface area contributed by atoms with Gasteiger partial charge in [-0.3, -0.25) is 20.3 Å². The molecule has 2 saturated heterocycles. The van der Waals surface area contributed by atoms with Crippen molar-refractivity contribution in [3.8, 4) is 0 Å². The Morgan fingerprint density at radius 2 is 1.80 bits per heavy atom. The number of thiol groups is 1. The number of carbonyl (C=O) groups is 1. The number of rotatable bonds is 7. The molecule has 0 aromatic heterocycles. The third-order valence-corrected chi connectivity index (χ3v) is 5.34. The first-order valence-corrected chi connectivity index (χ1v) is 9.43. The molecule has 0 aromatic carbocycles. The van der Waals surface area contributed by atoms with Gasteiger partial charge in [0.05, 0.1) is 29.7 Å². The highest BCUT2D eigenvalue weighted by atomic mass is 32.1. The molecule has 25 heavy (non-hydrogen) atoms. The average Bonchev–Trinajstić information content (AvgIpc) is 3.02. The zero-order chi connectivity index (χ0) is 18.6. The summed E-state index contributed by atoms with van der Waals surface area (Å²) in [4.78, 5) is 15.0. The first-order valence-electron chi connectivity index (χ1n) is 8.91. The summed E-state index contributed by atoms with van der Waals surface area (Å²) in [7, 11) is 0. The van der Waals surface area contributed by atoms with Gasteiger partial charge in [-0.05, 0) is 32.9 Å². The molecule has 10 heteroatoms. The Morgan fingerprint density at radius 3 is 2.28 bits per heavy atom. The molecule has 0 spiro atoms. The van der Waals surface area contributed by atoms with Crippen molar-refractivity contribution in [2.75, 3.05) is 26.2 Å². The highest BCUT2D eigenvalue weighted by Gasteiger charge is 2.37. The molecule has 2 fully saturated rings. The minimum atomic E-state index is -0.996. The molecule has 0 aromatic rings. The number of carbonyl (C=O) groups excluding carboxylic acids is 1. The number of amides is 1. The Labute approximate surface area is 154 Å². The third-order valence-electron chi connectivity index (χ3n) is 4.91. The Morgan fingerprint density at radius 1 is 1.24 bits per heavy atom. The van der Waals surface area contributed by atoms with Crippen molar-refractivity contribution in [3.05, 3.63) is 0 Å². The van der Waals surface area contributed by atoms with Crippen LogP contribution in [0.3, 0.4) is 0 Å². The SMILES string of the molecule is CC(N)C(C(S)NC(=O)C(C(N)N)C1NCC(F)CN1)N1CCCC1. The van der Waals surface area contributed by atoms with Crippen LogP contribution >= 0.6 is 12.6 Å². The van der Waals surface area contributed by atoms with E-state index in [2.05, 4.69) is 33.5 Å². The molecule has 2 rings (SSSR count). The van der Waals surface area contributed by atoms with Gasteiger partial charge in [-0.2, -0.15) is 12.6 Å². The Balaban J connectivity index is 2.00. The van der Waals surface area contributed by atoms with E-state index in [9.17, 15) is 9.18 Å². The molecule has 8 nitrogen and oxygen atoms in total. The molecule has 4 unspecified atom stereocenters. The van der Waals surface area contributed by atoms with Crippen molar-refractivity contribution in [2.45, 2.75) is 55.7 Å². The van der Waals surface area contributed by atoms with Crippen LogP contribution in [0.15, 0.2) is 0 Å². The van der Waals surface area contributed by atoms with E-state index < -0.39 is 29.8 Å². The van der Waals surface area contributed by atoms with Crippen LogP contribution in [0.1, 0.15) is 19.8 Å². The molecular weight excluding hydrogens is 345 g/mol. The summed E-state index contributed by atoms with van der Waals surface area (Å²) < 4.78 is 13.3. The quantitative estimate of drug-likeness (QED) is 0.199. The van der Waals surface area contributed by atoms with Crippen LogP contribution in [0.2, 0.25) is 0 Å². The van der Waals surface area contributed by atoms with Crippen LogP contribution in [-0.4, -0.2) is 72.9 Å². The fraction of sp³-hybridized carbons (Fsp3) is 0.933. The maximum atomic E-state index is 13.3. The van der Waals surface area contributed by atoms with Gasteiger partial charge in [-0.1, -0.05) is 0 Å². The Kier molecular flexibility index (Phi) is 7.87. The monoisotopic (exact) mass is 377 g/mol. The minimum Gasteiger partial charge on any atom is -0.342 e. The van der Waals surface area contributed by atoms with Gasteiger partial charge in [0, 0.05) is 19.1 Å². The first-order chi connectivity index (χ1) is 11.8. The molecule has 0 radical (unpaired) electrons. The van der Waals surface area contributed by atoms with Gasteiger partial charge in [-0.15, -0.1) is 0 Å². The maximum absolute atomic E-state index is 13.3. The predicted molar refractivity (Wildman–Crippen MR) is 99.5 cm³/mol. The van der Waals surface area contributed by atoms with Crippen LogP contribution in [0, 0.1) is 5.92 Å². The molecule has 146 valence electrons. The Bertz CT molecular complexity index is 428. The van der Waals surface area contributed by atoms with Crippen LogP contribution < -0.4 is 33.2 Å². The minimum absolute atomic E-state index is 0.0769. The maximum Gasteiger partial charge on any atom is 0.229 e. The molecule has 2 aliphatic heterocycles. The molecule has 0 bridgehead atoms. The van der Waals surface area contributed by atoms with E-state index in [1.165, 1.54) is 0 Å². The highest BCUT2D eigenvalue weighted by Crippen LogP contribution is 2.19. The molecular formula is C15H32FN7OS. The summed E-state index contributed by atoms with van der Waals surface area (Å²) >= 11 is 4.58. The van der Waals surface area contributed by atoms with Crippen molar-refractivity contribution >= 4 is 18.5 Å². The van der Waals surface area contributed by atoms with Crippen molar-refractivity contribution in [1.29, 1.82) is 0 Å². The number of halogens is 1. The van der Waals surface area contributed by atoms with Crippen LogP contribution in [0.4, 0.5) is 4.39 Å². The van der Waals surface area contributed by atoms with E-state index in [0.29, 0.717) is 0 Å². The van der Waals surface area contributed by atoms with E-state index in [4.69, 9.17) is 17.2 Å². The number of hydrogen-bond donors (Lipinski definition) is 7. The predicted octanol–water partition coefficient (Wildman–Crippen LogP) is -2.11. The van der Waals surface area contributed by atoms with E-state index in [-0.39, 0.29) is 31.1 Å². The lowest BCUT2D eigenvalue weighted by Gasteiger charge is -2.38. The molecule has 2 heterocycles. The largest absolute Gasteiger partial charge is 0.342 e. The standard InChI is InChI=1S/C15H32FN7OS/c1-8(17)11(23-4-2-3-5-23)15(25)22-14(24)10(12(18)19)13-20-6-9(16)7-21-13/h8-13,15,20-21,25H,2-7,17-19H2,1H3,(H,22,24). The normalized spacial score (nSPS) is 30.0. The van der Waals surface area contributed by atoms with Crippen molar-refractivity contribution < 1.29 is 9.18 Å². The topological polar surface area (TPSA) is 134 Å². The van der Waals surface area contributed by atoms with Gasteiger partial charge in [0.15, 0.2) is 0 Å². The molecule has 0 aliphatic carbocycles. The number of likely N-dealkylation sites (tertiary alicyclic amines) is 1. The van der Waals surface area contributed by atoms with E-state index in [1.807, 2.05) is 6.92 Å². The van der Waals surface area contributed by atoms with E-state index >= 15 is 0 Å². The van der Waals surface area contributed by atoms with Crippen molar-refractivity contribution in [3.63, 3.8) is 0 Å². The fourth-order valence-electron chi connectivity index (χ4n) is 3.64. The number of nitrogens with zero attached hydrogens (tertiary/aromatic N) is 1. The second kappa shape index (κ2) is 9.45. The molecule has 2 aliphatic rings. The van der Waals surface area contributed by atoms with Gasteiger partial charge in [0.25, 0.3) is 0 Å². The summed E-state index contributed by atoms with van der Waals surface area (Å²) in [6, 6.07) is -0.226. The lowest BCUT2D eigenvalue weighted by Crippen LogP contribution is -2.66. The zero-order valence-corrected chi connectivity index (χ0v) is 15.6. The smallest absolute Gasteiger partial charge is 0.229 e. The van der Waals surface area contributed by atoms with Gasteiger partial charge >= 0.3 is 0 Å². The van der Waals surface area contributed by atoms with Crippen LogP contribution in [0.25, 0.3) is 0 Å². The highest BCUT2D eigenvalue weighted by molar-refractivity contribution is 7.81. The van der Waals surface area contributed by atoms with E-state index in [0.717, 1.165) is 25.9 Å². The summed E-state index contributed by atoms with van der Waals surface area (Å²) in [5, 5.41) is 8.35. The van der Waals surface area contributed by atoms with Crippen LogP contribution in [-0.2, 0) is 4.79 Å². The lowest BCUT2D eigenvalue weighted by atomic mass is 9.99. The summed E-state index contributed by atoms with van der Waals surface area (Å²) in [6.07, 6.45) is -0.123. The number of nitrogens with two attached hydrogens (primary N) is 3. The number of alkyl halides is 1. The molecule has 1 amide bonds. The van der Waals surface area contributed by atoms with Gasteiger partial charge in [0.1, 0.15) is 6.17 Å². The molecule has 0 saturated carbocycles. The second-order valence-corrected chi connectivity index (χ2v) is 7.60. The lowest BCUT2D eigenvalue weighted by molar-refractivity contribution is -0.127. The third kappa shape index (κ3) is 5.49. The van der Waals surface area contributed by atoms with Crippen molar-refractivity contribution in [2.24, 2.45) is 23.1 Å². The van der Waals surface area contributed by atoms with E-state index in [1.54, 1.807) is 0 Å². The van der Waals surface area contributed by atoms with Gasteiger partial charge < -0.3 is 22.5 Å². The summed E-state index contributed by atoms with van der Waals surface area (Å²) in [5.74, 6) is -1.06. The van der Waals surface area contributed by atoms with Gasteiger partial charge in [0.2, 0.25) is 5.91 Å². The van der Waals surface area contributed by atoms with Crippen molar-refractivity contribution in [1.82, 2.24) is 20.9 Å². The zero-order valence-electron chi connectivity index (χ0n) is 14.7. The molecule has 4 atom stereocenters. The second-order valence-electron chi connectivity index (χ2n) is 7.04. The Hall–Kier alpha value is -0.490. The number of nitrogens with one attached hydrogen (secondary N) is 3. The van der Waals surface area contributed by atoms with Gasteiger partial charge in [-0.25, -0.2) is 4.39 Å². The summed E-state index contributed by atoms with van der Waals surface area (Å²) in [6.45, 7) is 4.13. The fourth-order valence-corrected chi connectivity index (χ4v) is 4.23.